The monoisotopic (exact) mass is 505 g/mol. The van der Waals surface area contributed by atoms with Crippen LogP contribution in [0.15, 0.2) is 78.9 Å². The number of fused-ring (bicyclic) bond motifs is 4. The van der Waals surface area contributed by atoms with Crippen molar-refractivity contribution in [1.29, 1.82) is 0 Å². The van der Waals surface area contributed by atoms with E-state index in [1.807, 2.05) is 34.7 Å². The Bertz CT molecular complexity index is 1610. The summed E-state index contributed by atoms with van der Waals surface area (Å²) in [5, 5.41) is 5.85. The van der Waals surface area contributed by atoms with Gasteiger partial charge in [-0.05, 0) is 42.7 Å². The molecule has 0 atom stereocenters. The van der Waals surface area contributed by atoms with E-state index in [9.17, 15) is 4.79 Å². The van der Waals surface area contributed by atoms with Crippen LogP contribution in [0.4, 0.5) is 0 Å². The van der Waals surface area contributed by atoms with Gasteiger partial charge in [-0.25, -0.2) is 4.68 Å². The fourth-order valence-electron chi connectivity index (χ4n) is 6.15. The largest absolute Gasteiger partial charge is 0.327 e. The zero-order valence-electron chi connectivity index (χ0n) is 21.1. The number of carbonyl (C=O) groups is 1. The minimum absolute atomic E-state index is 0.142. The molecule has 7 rings (SSSR count). The summed E-state index contributed by atoms with van der Waals surface area (Å²) in [6.45, 7) is 7.55. The van der Waals surface area contributed by atoms with Crippen molar-refractivity contribution in [2.45, 2.75) is 19.9 Å². The Balaban J connectivity index is 1.13. The third kappa shape index (κ3) is 3.55. The molecule has 1 aliphatic heterocycles. The molecular weight excluding hydrogens is 476 g/mol. The molecule has 3 heterocycles. The number of benzene rings is 3. The highest BCUT2D eigenvalue weighted by molar-refractivity contribution is 7.20. The third-order valence-electron chi connectivity index (χ3n) is 8.03. The van der Waals surface area contributed by atoms with Gasteiger partial charge in [-0.3, -0.25) is 4.79 Å². The van der Waals surface area contributed by atoms with E-state index in [-0.39, 0.29) is 5.91 Å². The maximum absolute atomic E-state index is 13.6. The standard InChI is InChI=1S/C31H28N4OS/c1-20-9-3-8-14-27(20)35-31-26(21(2)32-35)19-28(37-31)30(36)34-17-15-33(16-18-34)29-24-12-6-4-10-22(24)23-11-5-7-13-25(23)29/h3-14,19,29H,15-18H2,1-2H3/p+1. The molecule has 1 amide bonds. The highest BCUT2D eigenvalue weighted by Crippen LogP contribution is 2.41. The van der Waals surface area contributed by atoms with Gasteiger partial charge in [0.25, 0.3) is 5.91 Å². The molecule has 0 radical (unpaired) electrons. The van der Waals surface area contributed by atoms with E-state index in [0.717, 1.165) is 52.7 Å². The molecule has 1 fully saturated rings. The van der Waals surface area contributed by atoms with Crippen LogP contribution in [-0.2, 0) is 0 Å². The quantitative estimate of drug-likeness (QED) is 0.382. The van der Waals surface area contributed by atoms with Gasteiger partial charge in [-0.2, -0.15) is 5.10 Å². The number of thiophene rings is 1. The van der Waals surface area contributed by atoms with E-state index >= 15 is 0 Å². The van der Waals surface area contributed by atoms with Gasteiger partial charge < -0.3 is 9.80 Å². The second-order valence-corrected chi connectivity index (χ2v) is 11.2. The van der Waals surface area contributed by atoms with Crippen LogP contribution in [0.2, 0.25) is 0 Å². The Labute approximate surface area is 220 Å². The molecule has 0 bridgehead atoms. The lowest BCUT2D eigenvalue weighted by atomic mass is 10.0. The molecule has 0 spiro atoms. The number of amides is 1. The molecule has 0 saturated carbocycles. The van der Waals surface area contributed by atoms with Crippen molar-refractivity contribution < 1.29 is 9.69 Å². The number of rotatable bonds is 3. The first-order valence-corrected chi connectivity index (χ1v) is 13.8. The number of nitrogens with one attached hydrogen (secondary N) is 1. The maximum atomic E-state index is 13.6. The van der Waals surface area contributed by atoms with Gasteiger partial charge in [0.2, 0.25) is 0 Å². The predicted octanol–water partition coefficient (Wildman–Crippen LogP) is 4.81. The Morgan fingerprint density at radius 1 is 0.892 bits per heavy atom. The lowest BCUT2D eigenvalue weighted by Crippen LogP contribution is -3.15. The summed E-state index contributed by atoms with van der Waals surface area (Å²) in [5.74, 6) is 0.142. The SMILES string of the molecule is Cc1ccccc1-n1nc(C)c2cc(C(=O)N3CC[NH+](C4c5ccccc5-c5ccccc54)CC3)sc21. The van der Waals surface area contributed by atoms with E-state index in [1.165, 1.54) is 27.8 Å². The zero-order valence-corrected chi connectivity index (χ0v) is 21.9. The molecule has 1 N–H and O–H groups in total. The summed E-state index contributed by atoms with van der Waals surface area (Å²) in [4.78, 5) is 19.0. The minimum Gasteiger partial charge on any atom is -0.327 e. The van der Waals surface area contributed by atoms with Crippen LogP contribution in [0, 0.1) is 13.8 Å². The van der Waals surface area contributed by atoms with Crippen LogP contribution >= 0.6 is 11.3 Å². The molecule has 5 nitrogen and oxygen atoms in total. The fraction of sp³-hybridized carbons (Fsp3) is 0.226. The van der Waals surface area contributed by atoms with Crippen LogP contribution in [0.3, 0.4) is 0 Å². The van der Waals surface area contributed by atoms with E-state index in [0.29, 0.717) is 6.04 Å². The van der Waals surface area contributed by atoms with Gasteiger partial charge in [0.15, 0.2) is 0 Å². The highest BCUT2D eigenvalue weighted by Gasteiger charge is 2.38. The topological polar surface area (TPSA) is 42.6 Å². The molecule has 3 aromatic carbocycles. The lowest BCUT2D eigenvalue weighted by molar-refractivity contribution is -0.928. The lowest BCUT2D eigenvalue weighted by Gasteiger charge is -2.35. The summed E-state index contributed by atoms with van der Waals surface area (Å²) in [5.41, 5.74) is 8.74. The second-order valence-electron chi connectivity index (χ2n) is 10.2. The zero-order chi connectivity index (χ0) is 25.1. The normalized spacial score (nSPS) is 15.8. The van der Waals surface area contributed by atoms with Crippen molar-refractivity contribution in [3.05, 3.63) is 106 Å². The number of aromatic nitrogens is 2. The van der Waals surface area contributed by atoms with Gasteiger partial charge in [0, 0.05) is 16.5 Å². The van der Waals surface area contributed by atoms with E-state index in [4.69, 9.17) is 5.10 Å². The molecule has 6 heteroatoms. The second kappa shape index (κ2) is 8.68. The molecule has 2 aliphatic rings. The smallest absolute Gasteiger partial charge is 0.264 e. The van der Waals surface area contributed by atoms with Crippen molar-refractivity contribution in [1.82, 2.24) is 14.7 Å². The Hall–Kier alpha value is -3.74. The van der Waals surface area contributed by atoms with E-state index < -0.39 is 0 Å². The molecule has 37 heavy (non-hydrogen) atoms. The van der Waals surface area contributed by atoms with Gasteiger partial charge >= 0.3 is 0 Å². The summed E-state index contributed by atoms with van der Waals surface area (Å²) in [7, 11) is 0. The van der Waals surface area contributed by atoms with Crippen molar-refractivity contribution >= 4 is 27.5 Å². The van der Waals surface area contributed by atoms with Gasteiger partial charge in [0.1, 0.15) is 10.9 Å². The van der Waals surface area contributed by atoms with E-state index in [1.54, 1.807) is 16.2 Å². The highest BCUT2D eigenvalue weighted by atomic mass is 32.1. The number of nitrogens with zero attached hydrogens (tertiary/aromatic N) is 3. The van der Waals surface area contributed by atoms with Crippen molar-refractivity contribution in [3.63, 3.8) is 0 Å². The molecule has 1 aliphatic carbocycles. The average molecular weight is 506 g/mol. The van der Waals surface area contributed by atoms with Crippen LogP contribution in [0.5, 0.6) is 0 Å². The summed E-state index contributed by atoms with van der Waals surface area (Å²) in [6, 6.07) is 28.3. The molecule has 0 unspecified atom stereocenters. The summed E-state index contributed by atoms with van der Waals surface area (Å²) >= 11 is 1.56. The van der Waals surface area contributed by atoms with Crippen molar-refractivity contribution in [2.24, 2.45) is 0 Å². The number of carbonyl (C=O) groups excluding carboxylic acids is 1. The van der Waals surface area contributed by atoms with Crippen LogP contribution < -0.4 is 4.90 Å². The van der Waals surface area contributed by atoms with Crippen molar-refractivity contribution in [3.8, 4) is 16.8 Å². The maximum Gasteiger partial charge on any atom is 0.264 e. The Morgan fingerprint density at radius 2 is 1.51 bits per heavy atom. The van der Waals surface area contributed by atoms with Crippen LogP contribution in [-0.4, -0.2) is 46.8 Å². The molecule has 2 aromatic heterocycles. The number of aryl methyl sites for hydroxylation is 2. The fourth-order valence-corrected chi connectivity index (χ4v) is 7.30. The first-order valence-electron chi connectivity index (χ1n) is 13.0. The summed E-state index contributed by atoms with van der Waals surface area (Å²) < 4.78 is 2.00. The average Bonchev–Trinajstić information content (AvgIpc) is 3.60. The van der Waals surface area contributed by atoms with Gasteiger partial charge in [-0.15, -0.1) is 11.3 Å². The molecule has 1 saturated heterocycles. The number of quaternary nitrogens is 1. The van der Waals surface area contributed by atoms with Gasteiger partial charge in [-0.1, -0.05) is 66.7 Å². The first kappa shape index (κ1) is 22.5. The first-order chi connectivity index (χ1) is 18.1. The molecule has 184 valence electrons. The van der Waals surface area contributed by atoms with Crippen LogP contribution in [0.1, 0.15) is 38.1 Å². The number of hydrogen-bond acceptors (Lipinski definition) is 3. The predicted molar refractivity (Wildman–Crippen MR) is 149 cm³/mol. The third-order valence-corrected chi connectivity index (χ3v) is 9.13. The number of hydrogen-bond donors (Lipinski definition) is 1. The van der Waals surface area contributed by atoms with E-state index in [2.05, 4.69) is 67.6 Å². The Kier molecular flexibility index (Phi) is 5.27. The molecule has 5 aromatic rings. The number of para-hydroxylation sites is 1. The molecular formula is C31H29N4OS+. The van der Waals surface area contributed by atoms with Crippen molar-refractivity contribution in [2.75, 3.05) is 26.2 Å². The summed E-state index contributed by atoms with van der Waals surface area (Å²) in [6.07, 6.45) is 0. The Morgan fingerprint density at radius 3 is 2.19 bits per heavy atom. The van der Waals surface area contributed by atoms with Gasteiger partial charge in [0.05, 0.1) is 42.4 Å². The number of piperazine rings is 1. The minimum atomic E-state index is 0.142. The van der Waals surface area contributed by atoms with Crippen LogP contribution in [0.25, 0.3) is 27.0 Å².